The van der Waals surface area contributed by atoms with E-state index in [1.807, 2.05) is 32.2 Å². The van der Waals surface area contributed by atoms with Crippen LogP contribution >= 0.6 is 0 Å². The number of nitro groups is 1. The van der Waals surface area contributed by atoms with Gasteiger partial charge in [0, 0.05) is 23.3 Å². The molecule has 3 rings (SSSR count). The Labute approximate surface area is 168 Å². The minimum atomic E-state index is -0.447. The van der Waals surface area contributed by atoms with Crippen molar-refractivity contribution in [1.82, 2.24) is 10.2 Å². The van der Waals surface area contributed by atoms with E-state index in [-0.39, 0.29) is 11.7 Å². The lowest BCUT2D eigenvalue weighted by atomic mass is 10.1. The first-order chi connectivity index (χ1) is 13.9. The molecule has 0 aliphatic heterocycles. The lowest BCUT2D eigenvalue weighted by Gasteiger charge is -2.19. The van der Waals surface area contributed by atoms with Crippen LogP contribution in [-0.2, 0) is 6.54 Å². The molecule has 152 valence electrons. The van der Waals surface area contributed by atoms with E-state index in [2.05, 4.69) is 10.2 Å². The minimum absolute atomic E-state index is 0.0148. The summed E-state index contributed by atoms with van der Waals surface area (Å²) in [5, 5.41) is 19.0. The van der Waals surface area contributed by atoms with Crippen molar-refractivity contribution in [2.75, 3.05) is 21.3 Å². The molecule has 0 aliphatic carbocycles. The predicted molar refractivity (Wildman–Crippen MR) is 105 cm³/mol. The smallest absolute Gasteiger partial charge is 0.274 e. The molecule has 0 aliphatic rings. The zero-order chi connectivity index (χ0) is 21.0. The van der Waals surface area contributed by atoms with Crippen LogP contribution in [0.15, 0.2) is 46.9 Å². The molecule has 9 nitrogen and oxygen atoms in total. The highest BCUT2D eigenvalue weighted by molar-refractivity contribution is 5.55. The number of hydrogen-bond donors (Lipinski definition) is 1. The molecule has 0 radical (unpaired) electrons. The largest absolute Gasteiger partial charge is 0.493 e. The summed E-state index contributed by atoms with van der Waals surface area (Å²) in [4.78, 5) is 11.5. The molecule has 0 amide bonds. The zero-order valence-electron chi connectivity index (χ0n) is 16.7. The third-order valence-corrected chi connectivity index (χ3v) is 4.81. The van der Waals surface area contributed by atoms with E-state index in [4.69, 9.17) is 13.9 Å². The van der Waals surface area contributed by atoms with Crippen molar-refractivity contribution in [2.45, 2.75) is 19.5 Å². The lowest BCUT2D eigenvalue weighted by molar-refractivity contribution is -0.925. The van der Waals surface area contributed by atoms with E-state index < -0.39 is 4.92 Å². The number of ether oxygens (including phenoxy) is 2. The molecular weight excluding hydrogens is 376 g/mol. The van der Waals surface area contributed by atoms with E-state index in [0.717, 1.165) is 17.0 Å². The van der Waals surface area contributed by atoms with Gasteiger partial charge in [0.1, 0.15) is 6.54 Å². The number of nitro benzene ring substituents is 1. The van der Waals surface area contributed by atoms with Crippen LogP contribution < -0.4 is 14.4 Å². The van der Waals surface area contributed by atoms with E-state index in [9.17, 15) is 10.1 Å². The first kappa shape index (κ1) is 20.3. The zero-order valence-corrected chi connectivity index (χ0v) is 16.7. The molecular formula is C20H23N4O5+. The SMILES string of the molecule is COc1ccc(C[NH+](C)[C@H](C)c2nnc(-c3ccc([N+](=O)[O-])cc3)o2)cc1OC. The summed E-state index contributed by atoms with van der Waals surface area (Å²) in [6.07, 6.45) is 0. The summed E-state index contributed by atoms with van der Waals surface area (Å²) in [5.74, 6) is 2.20. The van der Waals surface area contributed by atoms with Crippen LogP contribution in [-0.4, -0.2) is 36.4 Å². The van der Waals surface area contributed by atoms with Crippen LogP contribution in [0.4, 0.5) is 5.69 Å². The number of benzene rings is 2. The first-order valence-corrected chi connectivity index (χ1v) is 9.04. The molecule has 1 heterocycles. The average Bonchev–Trinajstić information content (AvgIpc) is 3.23. The van der Waals surface area contributed by atoms with E-state index >= 15 is 0 Å². The maximum absolute atomic E-state index is 10.8. The molecule has 2 atom stereocenters. The maximum Gasteiger partial charge on any atom is 0.274 e. The molecule has 9 heteroatoms. The highest BCUT2D eigenvalue weighted by atomic mass is 16.6. The van der Waals surface area contributed by atoms with Crippen LogP contribution in [0.5, 0.6) is 11.5 Å². The quantitative estimate of drug-likeness (QED) is 0.458. The predicted octanol–water partition coefficient (Wildman–Crippen LogP) is 2.44. The van der Waals surface area contributed by atoms with Crippen LogP contribution in [0.2, 0.25) is 0 Å². The normalized spacial score (nSPS) is 13.0. The Kier molecular flexibility index (Phi) is 6.08. The number of aromatic nitrogens is 2. The summed E-state index contributed by atoms with van der Waals surface area (Å²) in [6, 6.07) is 11.8. The summed E-state index contributed by atoms with van der Waals surface area (Å²) in [5.41, 5.74) is 1.74. The van der Waals surface area contributed by atoms with Crippen molar-refractivity contribution >= 4 is 5.69 Å². The van der Waals surface area contributed by atoms with E-state index in [1.54, 1.807) is 26.4 Å². The Morgan fingerprint density at radius 2 is 1.79 bits per heavy atom. The molecule has 0 spiro atoms. The second-order valence-corrected chi connectivity index (χ2v) is 6.68. The monoisotopic (exact) mass is 399 g/mol. The summed E-state index contributed by atoms with van der Waals surface area (Å²) in [7, 11) is 5.26. The van der Waals surface area contributed by atoms with Gasteiger partial charge in [-0.15, -0.1) is 10.2 Å². The number of rotatable bonds is 8. The highest BCUT2D eigenvalue weighted by Crippen LogP contribution is 2.27. The van der Waals surface area contributed by atoms with Gasteiger partial charge in [-0.25, -0.2) is 0 Å². The molecule has 0 fully saturated rings. The standard InChI is InChI=1S/C20H22N4O5/c1-13(23(2)12-14-5-10-17(27-3)18(11-14)28-4)19-21-22-20(29-19)15-6-8-16(9-7-15)24(25)26/h5-11,13H,12H2,1-4H3/p+1/t13-/m1/s1. The number of nitrogens with one attached hydrogen (secondary N) is 1. The van der Waals surface area contributed by atoms with Gasteiger partial charge in [-0.2, -0.15) is 0 Å². The van der Waals surface area contributed by atoms with Gasteiger partial charge in [-0.1, -0.05) is 0 Å². The van der Waals surface area contributed by atoms with E-state index in [1.165, 1.54) is 12.1 Å². The number of quaternary nitrogens is 1. The molecule has 2 aromatic carbocycles. The van der Waals surface area contributed by atoms with Gasteiger partial charge in [-0.05, 0) is 37.3 Å². The fourth-order valence-electron chi connectivity index (χ4n) is 2.93. The summed E-state index contributed by atoms with van der Waals surface area (Å²) < 4.78 is 16.5. The Morgan fingerprint density at radius 3 is 2.41 bits per heavy atom. The molecule has 29 heavy (non-hydrogen) atoms. The second-order valence-electron chi connectivity index (χ2n) is 6.68. The molecule has 1 N–H and O–H groups in total. The van der Waals surface area contributed by atoms with Crippen LogP contribution in [0.25, 0.3) is 11.5 Å². The van der Waals surface area contributed by atoms with Crippen molar-refractivity contribution in [3.63, 3.8) is 0 Å². The fraction of sp³-hybridized carbons (Fsp3) is 0.300. The number of non-ortho nitro benzene ring substituents is 1. The van der Waals surface area contributed by atoms with Gasteiger partial charge in [0.2, 0.25) is 5.89 Å². The average molecular weight is 399 g/mol. The Hall–Kier alpha value is -3.46. The van der Waals surface area contributed by atoms with Crippen LogP contribution in [0.3, 0.4) is 0 Å². The molecule has 1 unspecified atom stereocenters. The van der Waals surface area contributed by atoms with Gasteiger partial charge in [0.25, 0.3) is 11.6 Å². The van der Waals surface area contributed by atoms with Gasteiger partial charge in [0.05, 0.1) is 26.2 Å². The van der Waals surface area contributed by atoms with Gasteiger partial charge in [0.15, 0.2) is 17.5 Å². The molecule has 1 aromatic heterocycles. The third-order valence-electron chi connectivity index (χ3n) is 4.81. The maximum atomic E-state index is 10.8. The molecule has 3 aromatic rings. The fourth-order valence-corrected chi connectivity index (χ4v) is 2.93. The Morgan fingerprint density at radius 1 is 1.10 bits per heavy atom. The third kappa shape index (κ3) is 4.52. The van der Waals surface area contributed by atoms with Gasteiger partial charge >= 0.3 is 0 Å². The lowest BCUT2D eigenvalue weighted by Crippen LogP contribution is -3.07. The first-order valence-electron chi connectivity index (χ1n) is 9.04. The number of nitrogens with zero attached hydrogens (tertiary/aromatic N) is 3. The van der Waals surface area contributed by atoms with Crippen molar-refractivity contribution in [3.05, 3.63) is 64.0 Å². The van der Waals surface area contributed by atoms with Gasteiger partial charge in [-0.3, -0.25) is 10.1 Å². The van der Waals surface area contributed by atoms with Crippen LogP contribution in [0.1, 0.15) is 24.4 Å². The molecule has 0 saturated heterocycles. The summed E-state index contributed by atoms with van der Waals surface area (Å²) >= 11 is 0. The van der Waals surface area contributed by atoms with Gasteiger partial charge < -0.3 is 18.8 Å². The van der Waals surface area contributed by atoms with Crippen molar-refractivity contribution < 1.29 is 23.7 Å². The van der Waals surface area contributed by atoms with Crippen LogP contribution in [0, 0.1) is 10.1 Å². The van der Waals surface area contributed by atoms with Crippen molar-refractivity contribution in [2.24, 2.45) is 0 Å². The highest BCUT2D eigenvalue weighted by Gasteiger charge is 2.23. The number of methoxy groups -OCH3 is 2. The molecule has 0 saturated carbocycles. The summed E-state index contributed by atoms with van der Waals surface area (Å²) in [6.45, 7) is 2.72. The topological polar surface area (TPSA) is 105 Å². The minimum Gasteiger partial charge on any atom is -0.493 e. The van der Waals surface area contributed by atoms with Crippen molar-refractivity contribution in [3.8, 4) is 23.0 Å². The van der Waals surface area contributed by atoms with Crippen molar-refractivity contribution in [1.29, 1.82) is 0 Å². The number of hydrogen-bond acceptors (Lipinski definition) is 7. The second kappa shape index (κ2) is 8.70. The van der Waals surface area contributed by atoms with E-state index in [0.29, 0.717) is 28.8 Å². The Bertz CT molecular complexity index is 987. The Balaban J connectivity index is 1.72. The molecule has 0 bridgehead atoms.